The van der Waals surface area contributed by atoms with Crippen LogP contribution < -0.4 is 10.6 Å². The van der Waals surface area contributed by atoms with Crippen molar-refractivity contribution in [2.24, 2.45) is 0 Å². The van der Waals surface area contributed by atoms with Crippen molar-refractivity contribution in [1.29, 1.82) is 0 Å². The van der Waals surface area contributed by atoms with E-state index in [1.807, 2.05) is 13.0 Å². The average molecular weight is 298 g/mol. The molecule has 0 radical (unpaired) electrons. The van der Waals surface area contributed by atoms with E-state index in [0.29, 0.717) is 16.8 Å². The largest absolute Gasteiger partial charge is 0.395 e. The summed E-state index contributed by atoms with van der Waals surface area (Å²) in [5, 5.41) is 14.1. The van der Waals surface area contributed by atoms with E-state index in [-0.39, 0.29) is 25.0 Å². The number of nitrogens with one attached hydrogen (secondary N) is 2. The van der Waals surface area contributed by atoms with Crippen LogP contribution in [-0.4, -0.2) is 30.1 Å². The van der Waals surface area contributed by atoms with Crippen molar-refractivity contribution in [3.63, 3.8) is 0 Å². The van der Waals surface area contributed by atoms with Crippen LogP contribution in [0.5, 0.6) is 0 Å². The van der Waals surface area contributed by atoms with Crippen LogP contribution in [0.15, 0.2) is 48.5 Å². The topological polar surface area (TPSA) is 78.4 Å². The van der Waals surface area contributed by atoms with E-state index in [0.717, 1.165) is 5.56 Å². The predicted octanol–water partition coefficient (Wildman–Crippen LogP) is 1.97. The molecule has 0 heterocycles. The molecule has 0 atom stereocenters. The third-order valence-electron chi connectivity index (χ3n) is 3.18. The number of rotatable bonds is 5. The van der Waals surface area contributed by atoms with Gasteiger partial charge in [0.2, 0.25) is 0 Å². The van der Waals surface area contributed by atoms with Gasteiger partial charge in [0.15, 0.2) is 0 Å². The summed E-state index contributed by atoms with van der Waals surface area (Å²) in [6, 6.07) is 14.0. The van der Waals surface area contributed by atoms with Gasteiger partial charge in [-0.25, -0.2) is 0 Å². The van der Waals surface area contributed by atoms with E-state index in [1.165, 1.54) is 0 Å². The van der Waals surface area contributed by atoms with Gasteiger partial charge in [0, 0.05) is 23.4 Å². The van der Waals surface area contributed by atoms with Gasteiger partial charge in [-0.2, -0.15) is 0 Å². The van der Waals surface area contributed by atoms with Gasteiger partial charge in [-0.05, 0) is 36.8 Å². The van der Waals surface area contributed by atoms with Gasteiger partial charge >= 0.3 is 0 Å². The molecule has 0 aliphatic rings. The van der Waals surface area contributed by atoms with E-state index < -0.39 is 0 Å². The third kappa shape index (κ3) is 3.93. The molecule has 5 nitrogen and oxygen atoms in total. The normalized spacial score (nSPS) is 10.1. The quantitative estimate of drug-likeness (QED) is 0.789. The fourth-order valence-electron chi connectivity index (χ4n) is 1.95. The zero-order valence-corrected chi connectivity index (χ0v) is 12.3. The Kier molecular flexibility index (Phi) is 5.27. The minimum atomic E-state index is -0.288. The minimum absolute atomic E-state index is 0.116. The Labute approximate surface area is 129 Å². The number of carbonyl (C=O) groups is 2. The molecule has 0 saturated carbocycles. The first-order valence-electron chi connectivity index (χ1n) is 6.98. The first-order valence-corrected chi connectivity index (χ1v) is 6.98. The van der Waals surface area contributed by atoms with Crippen LogP contribution in [0.4, 0.5) is 5.69 Å². The average Bonchev–Trinajstić information content (AvgIpc) is 2.55. The van der Waals surface area contributed by atoms with Gasteiger partial charge in [-0.3, -0.25) is 9.59 Å². The lowest BCUT2D eigenvalue weighted by molar-refractivity contribution is 0.0943. The van der Waals surface area contributed by atoms with Crippen LogP contribution in [0, 0.1) is 6.92 Å². The molecule has 0 unspecified atom stereocenters. The molecule has 2 amide bonds. The van der Waals surface area contributed by atoms with Gasteiger partial charge in [-0.1, -0.05) is 24.3 Å². The van der Waals surface area contributed by atoms with Crippen LogP contribution >= 0.6 is 0 Å². The molecular formula is C17H18N2O3. The van der Waals surface area contributed by atoms with Gasteiger partial charge in [-0.15, -0.1) is 0 Å². The van der Waals surface area contributed by atoms with Gasteiger partial charge < -0.3 is 15.7 Å². The minimum Gasteiger partial charge on any atom is -0.395 e. The zero-order chi connectivity index (χ0) is 15.9. The van der Waals surface area contributed by atoms with E-state index in [9.17, 15) is 9.59 Å². The van der Waals surface area contributed by atoms with E-state index >= 15 is 0 Å². The SMILES string of the molecule is Cc1ccc(C(=O)NCCO)cc1NC(=O)c1ccccc1. The van der Waals surface area contributed by atoms with Crippen LogP contribution in [-0.2, 0) is 0 Å². The van der Waals surface area contributed by atoms with Crippen molar-refractivity contribution in [1.82, 2.24) is 5.32 Å². The fraction of sp³-hybridized carbons (Fsp3) is 0.176. The number of amides is 2. The lowest BCUT2D eigenvalue weighted by Gasteiger charge is -2.11. The van der Waals surface area contributed by atoms with Gasteiger partial charge in [0.1, 0.15) is 0 Å². The maximum atomic E-state index is 12.2. The molecule has 2 rings (SSSR count). The molecule has 0 bridgehead atoms. The molecule has 0 saturated heterocycles. The Hall–Kier alpha value is -2.66. The number of aryl methyl sites for hydroxylation is 1. The molecule has 0 aromatic heterocycles. The van der Waals surface area contributed by atoms with E-state index in [4.69, 9.17) is 5.11 Å². The molecule has 0 fully saturated rings. The van der Waals surface area contributed by atoms with Crippen molar-refractivity contribution in [3.05, 3.63) is 65.2 Å². The monoisotopic (exact) mass is 298 g/mol. The molecule has 3 N–H and O–H groups in total. The summed E-state index contributed by atoms with van der Waals surface area (Å²) in [6.07, 6.45) is 0. The summed E-state index contributed by atoms with van der Waals surface area (Å²) in [7, 11) is 0. The van der Waals surface area contributed by atoms with Crippen LogP contribution in [0.1, 0.15) is 26.3 Å². The molecule has 0 spiro atoms. The first-order chi connectivity index (χ1) is 10.6. The van der Waals surface area contributed by atoms with Crippen molar-refractivity contribution in [3.8, 4) is 0 Å². The Bertz CT molecular complexity index is 669. The van der Waals surface area contributed by atoms with Crippen molar-refractivity contribution in [2.45, 2.75) is 6.92 Å². The number of aliphatic hydroxyl groups is 1. The highest BCUT2D eigenvalue weighted by atomic mass is 16.3. The molecule has 0 aliphatic heterocycles. The number of aliphatic hydroxyl groups excluding tert-OH is 1. The Morgan fingerprint density at radius 3 is 2.41 bits per heavy atom. The van der Waals surface area contributed by atoms with Gasteiger partial charge in [0.05, 0.1) is 6.61 Å². The molecule has 2 aromatic rings. The van der Waals surface area contributed by atoms with Crippen molar-refractivity contribution >= 4 is 17.5 Å². The number of benzene rings is 2. The summed E-state index contributed by atoms with van der Waals surface area (Å²) in [5.41, 5.74) is 2.44. The molecule has 114 valence electrons. The Morgan fingerprint density at radius 2 is 1.73 bits per heavy atom. The second kappa shape index (κ2) is 7.38. The highest BCUT2D eigenvalue weighted by molar-refractivity contribution is 6.05. The summed E-state index contributed by atoms with van der Waals surface area (Å²) < 4.78 is 0. The Balaban J connectivity index is 2.17. The van der Waals surface area contributed by atoms with Crippen LogP contribution in [0.25, 0.3) is 0 Å². The smallest absolute Gasteiger partial charge is 0.255 e. The second-order valence-corrected chi connectivity index (χ2v) is 4.83. The highest BCUT2D eigenvalue weighted by Crippen LogP contribution is 2.18. The number of anilines is 1. The summed E-state index contributed by atoms with van der Waals surface area (Å²) in [5.74, 6) is -0.513. The highest BCUT2D eigenvalue weighted by Gasteiger charge is 2.11. The van der Waals surface area contributed by atoms with E-state index in [2.05, 4.69) is 10.6 Å². The molecule has 0 aliphatic carbocycles. The summed E-state index contributed by atoms with van der Waals surface area (Å²) in [4.78, 5) is 24.1. The van der Waals surface area contributed by atoms with Gasteiger partial charge in [0.25, 0.3) is 11.8 Å². The lowest BCUT2D eigenvalue weighted by atomic mass is 10.1. The standard InChI is InChI=1S/C17H18N2O3/c1-12-7-8-14(16(21)18-9-10-20)11-15(12)19-17(22)13-5-3-2-4-6-13/h2-8,11,20H,9-10H2,1H3,(H,18,21)(H,19,22). The first kappa shape index (κ1) is 15.7. The maximum absolute atomic E-state index is 12.2. The van der Waals surface area contributed by atoms with Crippen molar-refractivity contribution in [2.75, 3.05) is 18.5 Å². The van der Waals surface area contributed by atoms with Crippen molar-refractivity contribution < 1.29 is 14.7 Å². The molecular weight excluding hydrogens is 280 g/mol. The summed E-state index contributed by atoms with van der Waals surface area (Å²) >= 11 is 0. The van der Waals surface area contributed by atoms with E-state index in [1.54, 1.807) is 42.5 Å². The lowest BCUT2D eigenvalue weighted by Crippen LogP contribution is -2.26. The fourth-order valence-corrected chi connectivity index (χ4v) is 1.95. The van der Waals surface area contributed by atoms with Crippen LogP contribution in [0.2, 0.25) is 0 Å². The summed E-state index contributed by atoms with van der Waals surface area (Å²) in [6.45, 7) is 1.93. The molecule has 2 aromatic carbocycles. The third-order valence-corrected chi connectivity index (χ3v) is 3.18. The number of hydrogen-bond donors (Lipinski definition) is 3. The van der Waals surface area contributed by atoms with Crippen LogP contribution in [0.3, 0.4) is 0 Å². The Morgan fingerprint density at radius 1 is 1.00 bits per heavy atom. The molecule has 22 heavy (non-hydrogen) atoms. The second-order valence-electron chi connectivity index (χ2n) is 4.83. The predicted molar refractivity (Wildman–Crippen MR) is 85.0 cm³/mol. The molecule has 5 heteroatoms. The maximum Gasteiger partial charge on any atom is 0.255 e. The number of carbonyl (C=O) groups excluding carboxylic acids is 2. The number of hydrogen-bond acceptors (Lipinski definition) is 3. The zero-order valence-electron chi connectivity index (χ0n) is 12.3.